The number of amides is 1. The minimum absolute atomic E-state index is 0.0122. The van der Waals surface area contributed by atoms with Crippen LogP contribution in [-0.4, -0.2) is 18.8 Å². The van der Waals surface area contributed by atoms with Gasteiger partial charge in [-0.3, -0.25) is 9.59 Å². The van der Waals surface area contributed by atoms with Crippen molar-refractivity contribution in [3.63, 3.8) is 0 Å². The van der Waals surface area contributed by atoms with Crippen LogP contribution in [0.5, 0.6) is 5.75 Å². The topological polar surface area (TPSA) is 82.5 Å². The Morgan fingerprint density at radius 1 is 0.967 bits per heavy atom. The van der Waals surface area contributed by atoms with Crippen molar-refractivity contribution in [1.29, 1.82) is 0 Å². The van der Waals surface area contributed by atoms with Crippen molar-refractivity contribution < 1.29 is 18.7 Å². The Kier molecular flexibility index (Phi) is 5.24. The van der Waals surface area contributed by atoms with E-state index in [2.05, 4.69) is 0 Å². The van der Waals surface area contributed by atoms with Gasteiger partial charge in [0.15, 0.2) is 5.76 Å². The molecule has 1 amide bonds. The summed E-state index contributed by atoms with van der Waals surface area (Å²) in [7, 11) is 1.59. The fraction of sp³-hybridized carbons (Fsp3) is 0.0435. The number of ketones is 1. The minimum Gasteiger partial charge on any atom is -0.497 e. The minimum atomic E-state index is -0.767. The lowest BCUT2D eigenvalue weighted by Gasteiger charge is -2.04. The number of benzene rings is 3. The first-order valence-corrected chi connectivity index (χ1v) is 9.65. The zero-order chi connectivity index (χ0) is 21.4. The molecular formula is C23H15Cl2NO4. The number of hydrogen-bond acceptors (Lipinski definition) is 4. The van der Waals surface area contributed by atoms with Gasteiger partial charge in [-0.25, -0.2) is 0 Å². The first kappa shape index (κ1) is 20.0. The number of nitrogens with two attached hydrogens (primary N) is 1. The molecule has 150 valence electrons. The van der Waals surface area contributed by atoms with Crippen molar-refractivity contribution in [2.45, 2.75) is 0 Å². The standard InChI is InChI=1S/C23H15Cl2NO4/c1-29-15-4-2-3-12(9-15)13-5-7-17-19(10-13)30-22(20(17)23(26)28)21(27)16-8-6-14(24)11-18(16)25/h2-11H,1H3,(H2,26,28). The van der Waals surface area contributed by atoms with Crippen LogP contribution in [-0.2, 0) is 0 Å². The summed E-state index contributed by atoms with van der Waals surface area (Å²) >= 11 is 12.1. The number of methoxy groups -OCH3 is 1. The number of primary amides is 1. The molecule has 0 spiro atoms. The largest absolute Gasteiger partial charge is 0.497 e. The fourth-order valence-electron chi connectivity index (χ4n) is 3.28. The van der Waals surface area contributed by atoms with Crippen LogP contribution < -0.4 is 10.5 Å². The van der Waals surface area contributed by atoms with Crippen LogP contribution in [0.15, 0.2) is 65.1 Å². The van der Waals surface area contributed by atoms with Gasteiger partial charge in [-0.05, 0) is 53.6 Å². The molecule has 0 saturated heterocycles. The van der Waals surface area contributed by atoms with E-state index in [9.17, 15) is 9.59 Å². The molecule has 4 rings (SSSR count). The summed E-state index contributed by atoms with van der Waals surface area (Å²) in [5.41, 5.74) is 7.82. The lowest BCUT2D eigenvalue weighted by Crippen LogP contribution is -2.15. The van der Waals surface area contributed by atoms with Crippen molar-refractivity contribution in [2.75, 3.05) is 7.11 Å². The van der Waals surface area contributed by atoms with Gasteiger partial charge < -0.3 is 14.9 Å². The van der Waals surface area contributed by atoms with Crippen molar-refractivity contribution >= 4 is 45.9 Å². The Bertz CT molecular complexity index is 1310. The third-order valence-corrected chi connectivity index (χ3v) is 5.27. The summed E-state index contributed by atoms with van der Waals surface area (Å²) in [4.78, 5) is 25.2. The van der Waals surface area contributed by atoms with Crippen LogP contribution >= 0.6 is 23.2 Å². The molecule has 4 aromatic rings. The second kappa shape index (κ2) is 7.86. The lowest BCUT2D eigenvalue weighted by molar-refractivity contribution is 0.0969. The molecule has 2 N–H and O–H groups in total. The molecule has 3 aromatic carbocycles. The number of rotatable bonds is 5. The van der Waals surface area contributed by atoms with Crippen molar-refractivity contribution in [1.82, 2.24) is 0 Å². The molecule has 5 nitrogen and oxygen atoms in total. The van der Waals surface area contributed by atoms with Gasteiger partial charge in [0, 0.05) is 16.0 Å². The average molecular weight is 440 g/mol. The summed E-state index contributed by atoms with van der Waals surface area (Å²) < 4.78 is 11.1. The van der Waals surface area contributed by atoms with Crippen molar-refractivity contribution in [3.05, 3.63) is 87.6 Å². The van der Waals surface area contributed by atoms with Gasteiger partial charge in [0.05, 0.1) is 17.7 Å². The van der Waals surface area contributed by atoms with Crippen LogP contribution in [0.25, 0.3) is 22.1 Å². The third kappa shape index (κ3) is 3.54. The summed E-state index contributed by atoms with van der Waals surface area (Å²) in [6, 6.07) is 17.2. The van der Waals surface area contributed by atoms with Crippen LogP contribution in [0.2, 0.25) is 10.0 Å². The number of carbonyl (C=O) groups excluding carboxylic acids is 2. The van der Waals surface area contributed by atoms with E-state index in [4.69, 9.17) is 38.1 Å². The Hall–Kier alpha value is -3.28. The third-order valence-electron chi connectivity index (χ3n) is 4.72. The maximum absolute atomic E-state index is 13.1. The van der Waals surface area contributed by atoms with Crippen LogP contribution in [0.4, 0.5) is 0 Å². The van der Waals surface area contributed by atoms with Crippen LogP contribution in [0, 0.1) is 0 Å². The lowest BCUT2D eigenvalue weighted by atomic mass is 10.0. The van der Waals surface area contributed by atoms with Gasteiger partial charge in [0.2, 0.25) is 5.78 Å². The second-order valence-corrected chi connectivity index (χ2v) is 7.41. The molecule has 0 radical (unpaired) electrons. The number of furan rings is 1. The maximum atomic E-state index is 13.1. The molecule has 0 aliphatic rings. The van der Waals surface area contributed by atoms with Gasteiger partial charge in [0.25, 0.3) is 5.91 Å². The number of carbonyl (C=O) groups is 2. The predicted octanol–water partition coefficient (Wildman–Crippen LogP) is 5.75. The second-order valence-electron chi connectivity index (χ2n) is 6.57. The Labute approximate surface area is 181 Å². The maximum Gasteiger partial charge on any atom is 0.253 e. The monoisotopic (exact) mass is 439 g/mol. The molecular weight excluding hydrogens is 425 g/mol. The van der Waals surface area contributed by atoms with Crippen molar-refractivity contribution in [3.8, 4) is 16.9 Å². The van der Waals surface area contributed by atoms with E-state index in [1.807, 2.05) is 30.3 Å². The van der Waals surface area contributed by atoms with E-state index in [-0.39, 0.29) is 21.9 Å². The smallest absolute Gasteiger partial charge is 0.253 e. The molecule has 0 saturated carbocycles. The zero-order valence-electron chi connectivity index (χ0n) is 15.7. The Morgan fingerprint density at radius 3 is 2.43 bits per heavy atom. The van der Waals surface area contributed by atoms with Gasteiger partial charge in [-0.15, -0.1) is 0 Å². The molecule has 0 aliphatic carbocycles. The van der Waals surface area contributed by atoms with Crippen LogP contribution in [0.1, 0.15) is 26.5 Å². The first-order valence-electron chi connectivity index (χ1n) is 8.89. The highest BCUT2D eigenvalue weighted by Gasteiger charge is 2.26. The molecule has 30 heavy (non-hydrogen) atoms. The van der Waals surface area contributed by atoms with Gasteiger partial charge >= 0.3 is 0 Å². The van der Waals surface area contributed by atoms with E-state index in [0.29, 0.717) is 21.7 Å². The van der Waals surface area contributed by atoms with E-state index in [1.54, 1.807) is 19.2 Å². The molecule has 1 aromatic heterocycles. The summed E-state index contributed by atoms with van der Waals surface area (Å²) in [5, 5.41) is 0.988. The molecule has 0 fully saturated rings. The van der Waals surface area contributed by atoms with E-state index >= 15 is 0 Å². The average Bonchev–Trinajstić information content (AvgIpc) is 3.12. The Balaban J connectivity index is 1.87. The van der Waals surface area contributed by atoms with Gasteiger partial charge in [-0.2, -0.15) is 0 Å². The van der Waals surface area contributed by atoms with Gasteiger partial charge in [0.1, 0.15) is 11.3 Å². The molecule has 0 bridgehead atoms. The molecule has 0 unspecified atom stereocenters. The van der Waals surface area contributed by atoms with E-state index in [0.717, 1.165) is 11.1 Å². The van der Waals surface area contributed by atoms with E-state index in [1.165, 1.54) is 18.2 Å². The molecule has 0 aliphatic heterocycles. The number of ether oxygens (including phenoxy) is 1. The van der Waals surface area contributed by atoms with Gasteiger partial charge in [-0.1, -0.05) is 41.4 Å². The summed E-state index contributed by atoms with van der Waals surface area (Å²) in [6.07, 6.45) is 0. The zero-order valence-corrected chi connectivity index (χ0v) is 17.3. The Morgan fingerprint density at radius 2 is 1.73 bits per heavy atom. The highest BCUT2D eigenvalue weighted by Crippen LogP contribution is 2.33. The number of hydrogen-bond donors (Lipinski definition) is 1. The molecule has 0 atom stereocenters. The molecule has 7 heteroatoms. The highest BCUT2D eigenvalue weighted by molar-refractivity contribution is 6.37. The van der Waals surface area contributed by atoms with E-state index < -0.39 is 11.7 Å². The van der Waals surface area contributed by atoms with Crippen LogP contribution in [0.3, 0.4) is 0 Å². The normalized spacial score (nSPS) is 10.9. The summed E-state index contributed by atoms with van der Waals surface area (Å²) in [6.45, 7) is 0. The first-order chi connectivity index (χ1) is 14.4. The van der Waals surface area contributed by atoms with Crippen molar-refractivity contribution in [2.24, 2.45) is 5.73 Å². The molecule has 1 heterocycles. The number of fused-ring (bicyclic) bond motifs is 1. The highest BCUT2D eigenvalue weighted by atomic mass is 35.5. The quantitative estimate of drug-likeness (QED) is 0.401. The predicted molar refractivity (Wildman–Crippen MR) is 117 cm³/mol. The number of halogens is 2. The SMILES string of the molecule is COc1cccc(-c2ccc3c(C(N)=O)c(C(=O)c4ccc(Cl)cc4Cl)oc3c2)c1. The summed E-state index contributed by atoms with van der Waals surface area (Å²) in [5.74, 6) is -0.774. The fourth-order valence-corrected chi connectivity index (χ4v) is 3.77.